The van der Waals surface area contributed by atoms with Gasteiger partial charge < -0.3 is 9.26 Å². The smallest absolute Gasteiger partial charge is 0.315 e. The van der Waals surface area contributed by atoms with Gasteiger partial charge >= 0.3 is 5.97 Å². The lowest BCUT2D eigenvalue weighted by molar-refractivity contribution is -0.139. The van der Waals surface area contributed by atoms with Gasteiger partial charge in [-0.2, -0.15) is 4.98 Å². The molecule has 0 aliphatic rings. The standard InChI is InChI=1S/C8H12N2O3S/c1-3-12-8(11)5-14-4-7-9-6(2)10-13-7/h3-5H2,1-2H3. The molecule has 0 saturated carbocycles. The lowest BCUT2D eigenvalue weighted by Gasteiger charge is -1.98. The lowest BCUT2D eigenvalue weighted by atomic mass is 10.7. The fraction of sp³-hybridized carbons (Fsp3) is 0.625. The first-order valence-electron chi connectivity index (χ1n) is 4.25. The highest BCUT2D eigenvalue weighted by molar-refractivity contribution is 7.99. The molecule has 14 heavy (non-hydrogen) atoms. The quantitative estimate of drug-likeness (QED) is 0.688. The van der Waals surface area contributed by atoms with Gasteiger partial charge in [-0.15, -0.1) is 11.8 Å². The largest absolute Gasteiger partial charge is 0.465 e. The van der Waals surface area contributed by atoms with Crippen LogP contribution in [0, 0.1) is 6.92 Å². The zero-order valence-corrected chi connectivity index (χ0v) is 8.97. The highest BCUT2D eigenvalue weighted by atomic mass is 32.2. The fourth-order valence-electron chi connectivity index (χ4n) is 0.823. The van der Waals surface area contributed by atoms with Crippen molar-refractivity contribution >= 4 is 17.7 Å². The number of thioether (sulfide) groups is 1. The van der Waals surface area contributed by atoms with Crippen LogP contribution in [0.5, 0.6) is 0 Å². The number of hydrogen-bond acceptors (Lipinski definition) is 6. The number of hydrogen-bond donors (Lipinski definition) is 0. The molecular formula is C8H12N2O3S. The van der Waals surface area contributed by atoms with Crippen LogP contribution in [0.2, 0.25) is 0 Å². The average molecular weight is 216 g/mol. The first-order chi connectivity index (χ1) is 6.72. The monoisotopic (exact) mass is 216 g/mol. The molecule has 6 heteroatoms. The molecule has 0 aromatic carbocycles. The molecule has 0 saturated heterocycles. The molecule has 0 fully saturated rings. The predicted octanol–water partition coefficient (Wildman–Crippen LogP) is 1.17. The zero-order valence-electron chi connectivity index (χ0n) is 8.15. The van der Waals surface area contributed by atoms with Gasteiger partial charge in [0.25, 0.3) is 0 Å². The Morgan fingerprint density at radius 3 is 3.00 bits per heavy atom. The molecule has 0 aliphatic carbocycles. The predicted molar refractivity (Wildman–Crippen MR) is 51.8 cm³/mol. The molecular weight excluding hydrogens is 204 g/mol. The summed E-state index contributed by atoms with van der Waals surface area (Å²) >= 11 is 1.40. The molecule has 0 aliphatic heterocycles. The van der Waals surface area contributed by atoms with Crippen molar-refractivity contribution in [2.75, 3.05) is 12.4 Å². The van der Waals surface area contributed by atoms with Gasteiger partial charge in [0.2, 0.25) is 5.89 Å². The SMILES string of the molecule is CCOC(=O)CSCc1nc(C)no1. The Labute approximate surface area is 86.2 Å². The maximum atomic E-state index is 10.9. The Bertz CT molecular complexity index is 301. The van der Waals surface area contributed by atoms with Crippen molar-refractivity contribution in [1.82, 2.24) is 10.1 Å². The highest BCUT2D eigenvalue weighted by Crippen LogP contribution is 2.10. The molecule has 1 heterocycles. The number of carbonyl (C=O) groups is 1. The molecule has 1 rings (SSSR count). The molecule has 0 radical (unpaired) electrons. The van der Waals surface area contributed by atoms with E-state index in [4.69, 9.17) is 9.26 Å². The second-order valence-electron chi connectivity index (χ2n) is 2.53. The Hall–Kier alpha value is -1.04. The van der Waals surface area contributed by atoms with E-state index >= 15 is 0 Å². The number of aryl methyl sites for hydroxylation is 1. The van der Waals surface area contributed by atoms with Crippen LogP contribution in [-0.2, 0) is 15.3 Å². The van der Waals surface area contributed by atoms with Gasteiger partial charge in [-0.05, 0) is 13.8 Å². The summed E-state index contributed by atoms with van der Waals surface area (Å²) in [7, 11) is 0. The second-order valence-corrected chi connectivity index (χ2v) is 3.52. The number of aromatic nitrogens is 2. The van der Waals surface area contributed by atoms with E-state index < -0.39 is 0 Å². The summed E-state index contributed by atoms with van der Waals surface area (Å²) in [6.45, 7) is 3.95. The maximum absolute atomic E-state index is 10.9. The van der Waals surface area contributed by atoms with Crippen LogP contribution >= 0.6 is 11.8 Å². The van der Waals surface area contributed by atoms with Gasteiger partial charge in [0.1, 0.15) is 0 Å². The van der Waals surface area contributed by atoms with Crippen molar-refractivity contribution in [3.05, 3.63) is 11.7 Å². The molecule has 0 N–H and O–H groups in total. The van der Waals surface area contributed by atoms with Crippen molar-refractivity contribution in [3.63, 3.8) is 0 Å². The van der Waals surface area contributed by atoms with Crippen LogP contribution in [0.1, 0.15) is 18.6 Å². The van der Waals surface area contributed by atoms with Gasteiger partial charge in [-0.25, -0.2) is 0 Å². The van der Waals surface area contributed by atoms with E-state index in [1.165, 1.54) is 11.8 Å². The Morgan fingerprint density at radius 1 is 1.64 bits per heavy atom. The molecule has 78 valence electrons. The molecule has 0 atom stereocenters. The van der Waals surface area contributed by atoms with Gasteiger partial charge in [0.05, 0.1) is 18.1 Å². The van der Waals surface area contributed by atoms with E-state index in [1.807, 2.05) is 0 Å². The molecule has 0 amide bonds. The Kier molecular flexibility index (Phi) is 4.45. The number of rotatable bonds is 5. The minimum atomic E-state index is -0.214. The summed E-state index contributed by atoms with van der Waals surface area (Å²) in [5.74, 6) is 1.79. The summed E-state index contributed by atoms with van der Waals surface area (Å²) in [4.78, 5) is 14.9. The topological polar surface area (TPSA) is 65.2 Å². The van der Waals surface area contributed by atoms with Crippen molar-refractivity contribution < 1.29 is 14.1 Å². The minimum Gasteiger partial charge on any atom is -0.465 e. The third kappa shape index (κ3) is 3.78. The summed E-state index contributed by atoms with van der Waals surface area (Å²) in [6, 6.07) is 0. The van der Waals surface area contributed by atoms with Gasteiger partial charge in [0.15, 0.2) is 5.82 Å². The van der Waals surface area contributed by atoms with Crippen molar-refractivity contribution in [2.45, 2.75) is 19.6 Å². The van der Waals surface area contributed by atoms with E-state index in [2.05, 4.69) is 10.1 Å². The van der Waals surface area contributed by atoms with E-state index in [0.29, 0.717) is 29.8 Å². The van der Waals surface area contributed by atoms with Crippen LogP contribution in [0.3, 0.4) is 0 Å². The van der Waals surface area contributed by atoms with Crippen LogP contribution in [0.4, 0.5) is 0 Å². The minimum absolute atomic E-state index is 0.214. The summed E-state index contributed by atoms with van der Waals surface area (Å²) < 4.78 is 9.63. The number of carbonyl (C=O) groups excluding carboxylic acids is 1. The van der Waals surface area contributed by atoms with Crippen molar-refractivity contribution in [2.24, 2.45) is 0 Å². The number of nitrogens with zero attached hydrogens (tertiary/aromatic N) is 2. The molecule has 1 aromatic rings. The van der Waals surface area contributed by atoms with Crippen LogP contribution in [0.15, 0.2) is 4.52 Å². The average Bonchev–Trinajstić information content (AvgIpc) is 2.52. The van der Waals surface area contributed by atoms with Crippen molar-refractivity contribution in [1.29, 1.82) is 0 Å². The van der Waals surface area contributed by atoms with Crippen LogP contribution in [0.25, 0.3) is 0 Å². The second kappa shape index (κ2) is 5.64. The normalized spacial score (nSPS) is 10.1. The number of esters is 1. The van der Waals surface area contributed by atoms with Gasteiger partial charge in [-0.3, -0.25) is 4.79 Å². The molecule has 5 nitrogen and oxygen atoms in total. The van der Waals surface area contributed by atoms with Crippen molar-refractivity contribution in [3.8, 4) is 0 Å². The first kappa shape index (κ1) is 11.0. The molecule has 0 spiro atoms. The third-order valence-electron chi connectivity index (χ3n) is 1.32. The van der Waals surface area contributed by atoms with E-state index in [-0.39, 0.29) is 5.97 Å². The Balaban J connectivity index is 2.18. The van der Waals surface area contributed by atoms with Crippen LogP contribution in [-0.4, -0.2) is 28.5 Å². The first-order valence-corrected chi connectivity index (χ1v) is 5.40. The number of ether oxygens (including phenoxy) is 1. The van der Waals surface area contributed by atoms with E-state index in [9.17, 15) is 4.79 Å². The van der Waals surface area contributed by atoms with E-state index in [1.54, 1.807) is 13.8 Å². The molecule has 1 aromatic heterocycles. The molecule has 0 unspecified atom stereocenters. The lowest BCUT2D eigenvalue weighted by Crippen LogP contribution is -2.06. The summed E-state index contributed by atoms with van der Waals surface area (Å²) in [5.41, 5.74) is 0. The summed E-state index contributed by atoms with van der Waals surface area (Å²) in [6.07, 6.45) is 0. The Morgan fingerprint density at radius 2 is 2.43 bits per heavy atom. The molecule has 0 bridgehead atoms. The van der Waals surface area contributed by atoms with Gasteiger partial charge in [-0.1, -0.05) is 5.16 Å². The highest BCUT2D eigenvalue weighted by Gasteiger charge is 2.05. The fourth-order valence-corrected chi connectivity index (χ4v) is 1.47. The van der Waals surface area contributed by atoms with Crippen LogP contribution < -0.4 is 0 Å². The maximum Gasteiger partial charge on any atom is 0.315 e. The van der Waals surface area contributed by atoms with E-state index in [0.717, 1.165) is 0 Å². The zero-order chi connectivity index (χ0) is 10.4. The van der Waals surface area contributed by atoms with Gasteiger partial charge in [0, 0.05) is 0 Å². The summed E-state index contributed by atoms with van der Waals surface area (Å²) in [5, 5.41) is 3.64. The third-order valence-corrected chi connectivity index (χ3v) is 2.21.